The Morgan fingerprint density at radius 3 is 2.32 bits per heavy atom. The minimum absolute atomic E-state index is 0.124. The molecule has 0 aliphatic rings. The molecule has 1 aromatic rings. The van der Waals surface area contributed by atoms with Crippen LogP contribution in [-0.2, 0) is 4.79 Å². The van der Waals surface area contributed by atoms with Gasteiger partial charge in [0.05, 0.1) is 0 Å². The summed E-state index contributed by atoms with van der Waals surface area (Å²) in [6.45, 7) is 3.91. The van der Waals surface area contributed by atoms with Crippen LogP contribution in [0.5, 0.6) is 0 Å². The van der Waals surface area contributed by atoms with E-state index in [0.717, 1.165) is 0 Å². The highest BCUT2D eigenvalue weighted by molar-refractivity contribution is 7.80. The lowest BCUT2D eigenvalue weighted by Crippen LogP contribution is -2.34. The van der Waals surface area contributed by atoms with Gasteiger partial charge < -0.3 is 16.4 Å². The van der Waals surface area contributed by atoms with Crippen LogP contribution in [0.15, 0.2) is 24.3 Å². The van der Waals surface area contributed by atoms with Gasteiger partial charge in [0.25, 0.3) is 0 Å². The van der Waals surface area contributed by atoms with Crippen molar-refractivity contribution in [2.24, 2.45) is 11.7 Å². The minimum Gasteiger partial charge on any atom is -0.366 e. The van der Waals surface area contributed by atoms with Gasteiger partial charge in [-0.2, -0.15) is 0 Å². The van der Waals surface area contributed by atoms with Crippen LogP contribution in [0.1, 0.15) is 30.6 Å². The summed E-state index contributed by atoms with van der Waals surface area (Å²) in [5.41, 5.74) is 6.23. The molecule has 0 aliphatic carbocycles. The summed E-state index contributed by atoms with van der Waals surface area (Å²) in [7, 11) is 0. The van der Waals surface area contributed by atoms with Gasteiger partial charge in [0.2, 0.25) is 11.8 Å². The number of hydrogen-bond donors (Lipinski definition) is 3. The molecule has 102 valence electrons. The van der Waals surface area contributed by atoms with Crippen LogP contribution >= 0.6 is 12.2 Å². The zero-order valence-electron chi connectivity index (χ0n) is 10.9. The van der Waals surface area contributed by atoms with Gasteiger partial charge in [-0.1, -0.05) is 13.8 Å². The first kappa shape index (κ1) is 15.1. The molecule has 2 amide bonds. The smallest absolute Gasteiger partial charge is 0.248 e. The summed E-state index contributed by atoms with van der Waals surface area (Å²) in [5, 5.41) is 5.68. The van der Waals surface area contributed by atoms with Crippen LogP contribution in [0.4, 0.5) is 5.69 Å². The SMILES string of the molecule is CC(C)CC(=O)NC(=S)Nc1ccc(C(N)=O)cc1. The van der Waals surface area contributed by atoms with Crippen LogP contribution in [-0.4, -0.2) is 16.9 Å². The largest absolute Gasteiger partial charge is 0.366 e. The summed E-state index contributed by atoms with van der Waals surface area (Å²) < 4.78 is 0. The van der Waals surface area contributed by atoms with Crippen molar-refractivity contribution in [3.8, 4) is 0 Å². The molecule has 1 aromatic carbocycles. The molecule has 0 unspecified atom stereocenters. The molecule has 5 nitrogen and oxygen atoms in total. The number of benzene rings is 1. The normalized spacial score (nSPS) is 10.1. The molecule has 0 heterocycles. The van der Waals surface area contributed by atoms with E-state index in [2.05, 4.69) is 10.6 Å². The van der Waals surface area contributed by atoms with Gasteiger partial charge >= 0.3 is 0 Å². The molecule has 0 fully saturated rings. The molecular weight excluding hydrogens is 262 g/mol. The fourth-order valence-electron chi connectivity index (χ4n) is 1.43. The quantitative estimate of drug-likeness (QED) is 0.732. The first-order valence-corrected chi connectivity index (χ1v) is 6.30. The van der Waals surface area contributed by atoms with Gasteiger partial charge in [0, 0.05) is 17.7 Å². The number of carbonyl (C=O) groups is 2. The monoisotopic (exact) mass is 279 g/mol. The van der Waals surface area contributed by atoms with E-state index in [-0.39, 0.29) is 16.9 Å². The average Bonchev–Trinajstić information content (AvgIpc) is 2.27. The lowest BCUT2D eigenvalue weighted by atomic mass is 10.1. The van der Waals surface area contributed by atoms with E-state index in [4.69, 9.17) is 18.0 Å². The van der Waals surface area contributed by atoms with Crippen LogP contribution in [0, 0.1) is 5.92 Å². The zero-order valence-corrected chi connectivity index (χ0v) is 11.7. The van der Waals surface area contributed by atoms with Gasteiger partial charge in [-0.25, -0.2) is 0 Å². The first-order valence-electron chi connectivity index (χ1n) is 5.89. The third-order valence-corrected chi connectivity index (χ3v) is 2.48. The fraction of sp³-hybridized carbons (Fsp3) is 0.308. The maximum atomic E-state index is 11.5. The van der Waals surface area contributed by atoms with Crippen molar-refractivity contribution in [1.29, 1.82) is 0 Å². The van der Waals surface area contributed by atoms with Gasteiger partial charge in [-0.05, 0) is 42.4 Å². The Labute approximate surface area is 117 Å². The molecule has 0 aliphatic heterocycles. The van der Waals surface area contributed by atoms with Crippen molar-refractivity contribution in [3.05, 3.63) is 29.8 Å². The third kappa shape index (κ3) is 5.48. The predicted octanol–water partition coefficient (Wildman–Crippen LogP) is 1.64. The number of primary amides is 1. The number of carbonyl (C=O) groups excluding carboxylic acids is 2. The predicted molar refractivity (Wildman–Crippen MR) is 78.8 cm³/mol. The Balaban J connectivity index is 2.53. The number of anilines is 1. The second-order valence-electron chi connectivity index (χ2n) is 4.54. The lowest BCUT2D eigenvalue weighted by molar-refractivity contribution is -0.120. The number of nitrogens with one attached hydrogen (secondary N) is 2. The molecule has 0 spiro atoms. The number of rotatable bonds is 4. The number of nitrogens with two attached hydrogens (primary N) is 1. The molecule has 0 bridgehead atoms. The van der Waals surface area contributed by atoms with E-state index in [1.807, 2.05) is 13.8 Å². The minimum atomic E-state index is -0.487. The number of amides is 2. The van der Waals surface area contributed by atoms with Crippen molar-refractivity contribution in [2.45, 2.75) is 20.3 Å². The van der Waals surface area contributed by atoms with Crippen molar-refractivity contribution in [1.82, 2.24) is 5.32 Å². The van der Waals surface area contributed by atoms with Crippen LogP contribution in [0.25, 0.3) is 0 Å². The van der Waals surface area contributed by atoms with Crippen molar-refractivity contribution in [3.63, 3.8) is 0 Å². The van der Waals surface area contributed by atoms with E-state index >= 15 is 0 Å². The first-order chi connectivity index (χ1) is 8.88. The second kappa shape index (κ2) is 6.84. The molecular formula is C13H17N3O2S. The topological polar surface area (TPSA) is 84.2 Å². The molecule has 1 rings (SSSR count). The maximum absolute atomic E-state index is 11.5. The maximum Gasteiger partial charge on any atom is 0.248 e. The Morgan fingerprint density at radius 2 is 1.84 bits per heavy atom. The van der Waals surface area contributed by atoms with Gasteiger partial charge in [-0.3, -0.25) is 9.59 Å². The van der Waals surface area contributed by atoms with Crippen molar-refractivity contribution in [2.75, 3.05) is 5.32 Å². The molecule has 19 heavy (non-hydrogen) atoms. The molecule has 0 atom stereocenters. The Hall–Kier alpha value is -1.95. The Bertz CT molecular complexity index is 483. The summed E-state index contributed by atoms with van der Waals surface area (Å²) in [4.78, 5) is 22.4. The summed E-state index contributed by atoms with van der Waals surface area (Å²) in [6.07, 6.45) is 0.419. The lowest BCUT2D eigenvalue weighted by Gasteiger charge is -2.10. The van der Waals surface area contributed by atoms with Crippen LogP contribution in [0.3, 0.4) is 0 Å². The highest BCUT2D eigenvalue weighted by Crippen LogP contribution is 2.09. The molecule has 0 saturated heterocycles. The average molecular weight is 279 g/mol. The van der Waals surface area contributed by atoms with Crippen molar-refractivity contribution < 1.29 is 9.59 Å². The highest BCUT2D eigenvalue weighted by atomic mass is 32.1. The second-order valence-corrected chi connectivity index (χ2v) is 4.95. The number of thiocarbonyl (C=S) groups is 1. The Morgan fingerprint density at radius 1 is 1.26 bits per heavy atom. The number of hydrogen-bond acceptors (Lipinski definition) is 3. The molecule has 4 N–H and O–H groups in total. The summed E-state index contributed by atoms with van der Waals surface area (Å²) in [5.74, 6) is -0.335. The zero-order chi connectivity index (χ0) is 14.4. The van der Waals surface area contributed by atoms with Crippen molar-refractivity contribution >= 4 is 34.8 Å². The molecule has 0 aromatic heterocycles. The third-order valence-electron chi connectivity index (χ3n) is 2.27. The van der Waals surface area contributed by atoms with Gasteiger partial charge in [0.15, 0.2) is 5.11 Å². The highest BCUT2D eigenvalue weighted by Gasteiger charge is 2.07. The van der Waals surface area contributed by atoms with Gasteiger partial charge in [0.1, 0.15) is 0 Å². The van der Waals surface area contributed by atoms with Gasteiger partial charge in [-0.15, -0.1) is 0 Å². The molecule has 0 saturated carbocycles. The Kier molecular flexibility index (Phi) is 5.44. The van der Waals surface area contributed by atoms with E-state index < -0.39 is 5.91 Å². The standard InChI is InChI=1S/C13H17N3O2S/c1-8(2)7-11(17)16-13(19)15-10-5-3-9(4-6-10)12(14)18/h3-6,8H,7H2,1-2H3,(H2,14,18)(H2,15,16,17,19). The van der Waals surface area contributed by atoms with E-state index in [1.165, 1.54) is 0 Å². The van der Waals surface area contributed by atoms with Crippen LogP contribution in [0.2, 0.25) is 0 Å². The van der Waals surface area contributed by atoms with Crippen LogP contribution < -0.4 is 16.4 Å². The van der Waals surface area contributed by atoms with E-state index in [0.29, 0.717) is 17.7 Å². The molecule has 0 radical (unpaired) electrons. The molecule has 6 heteroatoms. The van der Waals surface area contributed by atoms with E-state index in [9.17, 15) is 9.59 Å². The summed E-state index contributed by atoms with van der Waals surface area (Å²) >= 11 is 5.01. The van der Waals surface area contributed by atoms with E-state index in [1.54, 1.807) is 24.3 Å². The summed E-state index contributed by atoms with van der Waals surface area (Å²) in [6, 6.07) is 6.51. The fourth-order valence-corrected chi connectivity index (χ4v) is 1.66.